The lowest BCUT2D eigenvalue weighted by atomic mass is 9.76. The Bertz CT molecular complexity index is 797. The zero-order valence-corrected chi connectivity index (χ0v) is 18.1. The molecule has 152 valence electrons. The minimum absolute atomic E-state index is 0.173. The van der Waals surface area contributed by atoms with Crippen molar-refractivity contribution in [3.05, 3.63) is 65.2 Å². The van der Waals surface area contributed by atoms with Crippen molar-refractivity contribution in [1.29, 1.82) is 0 Å². The predicted octanol–water partition coefficient (Wildman–Crippen LogP) is 5.91. The molecule has 0 saturated carbocycles. The van der Waals surface area contributed by atoms with Crippen LogP contribution in [0.15, 0.2) is 48.5 Å². The number of rotatable bonds is 6. The lowest BCUT2D eigenvalue weighted by Crippen LogP contribution is -2.38. The zero-order chi connectivity index (χ0) is 21.2. The van der Waals surface area contributed by atoms with Crippen molar-refractivity contribution in [3.8, 4) is 5.75 Å². The molecule has 0 amide bonds. The molecule has 0 aliphatic rings. The molecule has 0 aromatic heterocycles. The van der Waals surface area contributed by atoms with Gasteiger partial charge >= 0.3 is 6.16 Å². The number of carbonyl (C=O) groups is 1. The van der Waals surface area contributed by atoms with E-state index in [2.05, 4.69) is 58.9 Å². The zero-order valence-electron chi connectivity index (χ0n) is 18.1. The van der Waals surface area contributed by atoms with Gasteiger partial charge in [0.25, 0.3) is 0 Å². The Kier molecular flexibility index (Phi) is 6.24. The van der Waals surface area contributed by atoms with Gasteiger partial charge in [-0.25, -0.2) is 4.79 Å². The largest absolute Gasteiger partial charge is 0.515 e. The molecule has 0 heterocycles. The van der Waals surface area contributed by atoms with E-state index in [1.54, 1.807) is 26.0 Å². The monoisotopic (exact) mass is 383 g/mol. The SMILES string of the molecule is CCC(C)(C)c1ccc(C(C)(C)c2ccc(OC(=O)OC(C)(C)N)cc2)cc1. The van der Waals surface area contributed by atoms with Crippen LogP contribution in [0.3, 0.4) is 0 Å². The minimum atomic E-state index is -1.07. The highest BCUT2D eigenvalue weighted by Gasteiger charge is 2.25. The average Bonchev–Trinajstić information content (AvgIpc) is 2.60. The molecule has 0 atom stereocenters. The average molecular weight is 384 g/mol. The van der Waals surface area contributed by atoms with Crippen molar-refractivity contribution >= 4 is 6.16 Å². The van der Waals surface area contributed by atoms with Gasteiger partial charge in [-0.3, -0.25) is 5.73 Å². The lowest BCUT2D eigenvalue weighted by Gasteiger charge is -2.28. The predicted molar refractivity (Wildman–Crippen MR) is 114 cm³/mol. The second-order valence-corrected chi connectivity index (χ2v) is 9.02. The third-order valence-electron chi connectivity index (χ3n) is 5.40. The molecule has 0 spiro atoms. The van der Waals surface area contributed by atoms with Gasteiger partial charge in [0.2, 0.25) is 0 Å². The molecular formula is C24H33NO3. The van der Waals surface area contributed by atoms with E-state index in [0.29, 0.717) is 5.75 Å². The maximum absolute atomic E-state index is 11.7. The molecule has 0 unspecified atom stereocenters. The maximum Gasteiger partial charge on any atom is 0.515 e. The summed E-state index contributed by atoms with van der Waals surface area (Å²) < 4.78 is 10.2. The molecule has 2 rings (SSSR count). The molecule has 0 aliphatic carbocycles. The Morgan fingerprint density at radius 3 is 1.68 bits per heavy atom. The number of hydrogen-bond donors (Lipinski definition) is 1. The van der Waals surface area contributed by atoms with Crippen LogP contribution >= 0.6 is 0 Å². The number of carbonyl (C=O) groups excluding carboxylic acids is 1. The van der Waals surface area contributed by atoms with Gasteiger partial charge in [-0.15, -0.1) is 0 Å². The van der Waals surface area contributed by atoms with Gasteiger partial charge in [0, 0.05) is 5.41 Å². The van der Waals surface area contributed by atoms with Crippen molar-refractivity contribution < 1.29 is 14.3 Å². The van der Waals surface area contributed by atoms with Crippen LogP contribution in [0.4, 0.5) is 4.79 Å². The highest BCUT2D eigenvalue weighted by molar-refractivity contribution is 5.64. The summed E-state index contributed by atoms with van der Waals surface area (Å²) in [7, 11) is 0. The molecule has 4 nitrogen and oxygen atoms in total. The highest BCUT2D eigenvalue weighted by Crippen LogP contribution is 2.34. The van der Waals surface area contributed by atoms with Gasteiger partial charge in [0.15, 0.2) is 5.72 Å². The molecule has 0 aliphatic heterocycles. The van der Waals surface area contributed by atoms with Gasteiger partial charge in [0.05, 0.1) is 0 Å². The summed E-state index contributed by atoms with van der Waals surface area (Å²) in [5.74, 6) is 0.425. The Morgan fingerprint density at radius 2 is 1.25 bits per heavy atom. The molecule has 0 fully saturated rings. The topological polar surface area (TPSA) is 61.5 Å². The van der Waals surface area contributed by atoms with Crippen LogP contribution in [0.2, 0.25) is 0 Å². The Morgan fingerprint density at radius 1 is 0.821 bits per heavy atom. The fourth-order valence-electron chi connectivity index (χ4n) is 2.98. The number of ether oxygens (including phenoxy) is 2. The van der Waals surface area contributed by atoms with Gasteiger partial charge in [-0.1, -0.05) is 71.0 Å². The van der Waals surface area contributed by atoms with Crippen LogP contribution in [0.5, 0.6) is 5.75 Å². The fraction of sp³-hybridized carbons (Fsp3) is 0.458. The third-order valence-corrected chi connectivity index (χ3v) is 5.40. The van der Waals surface area contributed by atoms with Crippen LogP contribution in [0.1, 0.15) is 71.6 Å². The number of nitrogens with two attached hydrogens (primary N) is 1. The first-order valence-electron chi connectivity index (χ1n) is 9.76. The van der Waals surface area contributed by atoms with Crippen LogP contribution in [-0.4, -0.2) is 11.9 Å². The van der Waals surface area contributed by atoms with E-state index in [1.165, 1.54) is 11.1 Å². The molecule has 0 saturated heterocycles. The third kappa shape index (κ3) is 5.35. The maximum atomic E-state index is 11.7. The summed E-state index contributed by atoms with van der Waals surface area (Å²) in [6.07, 6.45) is 0.287. The van der Waals surface area contributed by atoms with Crippen LogP contribution < -0.4 is 10.5 Å². The Hall–Kier alpha value is -2.33. The second-order valence-electron chi connectivity index (χ2n) is 9.02. The van der Waals surface area contributed by atoms with Crippen LogP contribution in [0.25, 0.3) is 0 Å². The van der Waals surface area contributed by atoms with Gasteiger partial charge in [0.1, 0.15) is 5.75 Å². The summed E-state index contributed by atoms with van der Waals surface area (Å²) in [6.45, 7) is 14.3. The quantitative estimate of drug-likeness (QED) is 0.383. The number of hydrogen-bond acceptors (Lipinski definition) is 4. The van der Waals surface area contributed by atoms with Crippen LogP contribution in [-0.2, 0) is 15.6 Å². The summed E-state index contributed by atoms with van der Waals surface area (Å²) >= 11 is 0. The van der Waals surface area contributed by atoms with E-state index in [1.807, 2.05) is 12.1 Å². The van der Waals surface area contributed by atoms with Gasteiger partial charge in [-0.05, 0) is 54.5 Å². The Balaban J connectivity index is 2.16. The highest BCUT2D eigenvalue weighted by atomic mass is 16.7. The lowest BCUT2D eigenvalue weighted by molar-refractivity contribution is 0.0132. The molecule has 0 radical (unpaired) electrons. The second kappa shape index (κ2) is 7.96. The fourth-order valence-corrected chi connectivity index (χ4v) is 2.98. The van der Waals surface area contributed by atoms with E-state index in [9.17, 15) is 4.79 Å². The first kappa shape index (κ1) is 22.0. The van der Waals surface area contributed by atoms with Crippen molar-refractivity contribution in [1.82, 2.24) is 0 Å². The van der Waals surface area contributed by atoms with Gasteiger partial charge in [-0.2, -0.15) is 0 Å². The molecule has 4 heteroatoms. The standard InChI is InChI=1S/C24H33NO3/c1-8-22(2,3)17-9-11-18(12-10-17)23(4,5)19-13-15-20(16-14-19)27-21(26)28-24(6,7)25/h9-16H,8,25H2,1-7H3. The Labute approximate surface area is 169 Å². The van der Waals surface area contributed by atoms with Crippen molar-refractivity contribution in [2.75, 3.05) is 0 Å². The van der Waals surface area contributed by atoms with Crippen molar-refractivity contribution in [3.63, 3.8) is 0 Å². The summed E-state index contributed by atoms with van der Waals surface area (Å²) in [4.78, 5) is 11.7. The van der Waals surface area contributed by atoms with Crippen molar-refractivity contribution in [2.45, 2.75) is 71.4 Å². The van der Waals surface area contributed by atoms with E-state index in [4.69, 9.17) is 15.2 Å². The van der Waals surface area contributed by atoms with E-state index < -0.39 is 11.9 Å². The number of benzene rings is 2. The first-order valence-corrected chi connectivity index (χ1v) is 9.76. The molecule has 2 N–H and O–H groups in total. The first-order chi connectivity index (χ1) is 12.8. The van der Waals surface area contributed by atoms with E-state index in [0.717, 1.165) is 12.0 Å². The van der Waals surface area contributed by atoms with E-state index in [-0.39, 0.29) is 10.8 Å². The van der Waals surface area contributed by atoms with E-state index >= 15 is 0 Å². The molecule has 2 aromatic carbocycles. The summed E-state index contributed by atoms with van der Waals surface area (Å²) in [5.41, 5.74) is 8.31. The molecule has 28 heavy (non-hydrogen) atoms. The van der Waals surface area contributed by atoms with Crippen molar-refractivity contribution in [2.24, 2.45) is 5.73 Å². The molecule has 2 aromatic rings. The van der Waals surface area contributed by atoms with Gasteiger partial charge < -0.3 is 9.47 Å². The van der Waals surface area contributed by atoms with Crippen LogP contribution in [0, 0.1) is 0 Å². The normalized spacial score (nSPS) is 12.6. The summed E-state index contributed by atoms with van der Waals surface area (Å²) in [6, 6.07) is 16.4. The minimum Gasteiger partial charge on any atom is -0.413 e. The smallest absolute Gasteiger partial charge is 0.413 e. The summed E-state index contributed by atoms with van der Waals surface area (Å²) in [5, 5.41) is 0. The molecule has 0 bridgehead atoms. The molecular weight excluding hydrogens is 350 g/mol.